The van der Waals surface area contributed by atoms with Crippen LogP contribution in [0, 0.1) is 23.0 Å². The molecular weight excluding hydrogens is 472 g/mol. The molecule has 37 heavy (non-hydrogen) atoms. The Morgan fingerprint density at radius 3 is 2.43 bits per heavy atom. The van der Waals surface area contributed by atoms with E-state index in [0.29, 0.717) is 28.3 Å². The van der Waals surface area contributed by atoms with E-state index in [1.165, 1.54) is 24.6 Å². The molecule has 0 amide bonds. The fourth-order valence-corrected chi connectivity index (χ4v) is 5.46. The minimum atomic E-state index is -0.649. The topological polar surface area (TPSA) is 67.0 Å². The molecule has 1 saturated heterocycles. The maximum atomic E-state index is 15.7. The number of anilines is 1. The first kappa shape index (κ1) is 23.4. The number of benzene rings is 2. The zero-order valence-corrected chi connectivity index (χ0v) is 20.5. The first-order valence-electron chi connectivity index (χ1n) is 12.9. The van der Waals surface area contributed by atoms with E-state index in [2.05, 4.69) is 9.88 Å². The number of hydrogen-bond acceptors (Lipinski definition) is 5. The molecule has 3 heterocycles. The summed E-state index contributed by atoms with van der Waals surface area (Å²) in [4.78, 5) is 11.8. The summed E-state index contributed by atoms with van der Waals surface area (Å²) >= 11 is 0. The molecule has 1 aliphatic carbocycles. The minimum Gasteiger partial charge on any atom is -0.490 e. The van der Waals surface area contributed by atoms with E-state index in [0.717, 1.165) is 57.3 Å². The average Bonchev–Trinajstić information content (AvgIpc) is 3.57. The van der Waals surface area contributed by atoms with E-state index in [4.69, 9.17) is 9.72 Å². The summed E-state index contributed by atoms with van der Waals surface area (Å²) < 4.78 is 38.0. The standard InChI is InChI=1S/C29H27F2N5O/c30-23-16-19(8-9-20(23)18-32)28-34-27-26(35-14-4-1-5-15-35)12-13-33-29(27)36(28)25-11-10-22(17-24(25)31)37-21-6-2-3-7-21/h8-13,16-17,21H,1-7,14-15H2. The van der Waals surface area contributed by atoms with Gasteiger partial charge in [0.1, 0.15) is 29.0 Å². The summed E-state index contributed by atoms with van der Waals surface area (Å²) in [7, 11) is 0. The van der Waals surface area contributed by atoms with Crippen LogP contribution in [-0.2, 0) is 0 Å². The van der Waals surface area contributed by atoms with Crippen molar-refractivity contribution in [3.8, 4) is 28.9 Å². The number of aromatic nitrogens is 3. The van der Waals surface area contributed by atoms with Gasteiger partial charge in [-0.3, -0.25) is 4.57 Å². The quantitative estimate of drug-likeness (QED) is 0.312. The van der Waals surface area contributed by atoms with Crippen LogP contribution in [0.2, 0.25) is 0 Å². The first-order valence-corrected chi connectivity index (χ1v) is 12.9. The van der Waals surface area contributed by atoms with Crippen molar-refractivity contribution in [1.29, 1.82) is 5.26 Å². The molecule has 0 atom stereocenters. The maximum Gasteiger partial charge on any atom is 0.167 e. The van der Waals surface area contributed by atoms with Crippen molar-refractivity contribution >= 4 is 16.9 Å². The molecule has 0 radical (unpaired) electrons. The van der Waals surface area contributed by atoms with Gasteiger partial charge in [-0.05, 0) is 81.3 Å². The van der Waals surface area contributed by atoms with E-state index in [9.17, 15) is 9.65 Å². The Kier molecular flexibility index (Phi) is 6.21. The Balaban J connectivity index is 1.51. The normalized spacial score (nSPS) is 16.3. The van der Waals surface area contributed by atoms with E-state index in [-0.39, 0.29) is 17.4 Å². The molecular formula is C29H27F2N5O. The summed E-state index contributed by atoms with van der Waals surface area (Å²) in [6, 6.07) is 12.9. The Labute approximate surface area is 214 Å². The van der Waals surface area contributed by atoms with Crippen LogP contribution in [0.4, 0.5) is 14.5 Å². The highest BCUT2D eigenvalue weighted by atomic mass is 19.1. The molecule has 4 aromatic rings. The fourth-order valence-electron chi connectivity index (χ4n) is 5.46. The Morgan fingerprint density at radius 1 is 0.892 bits per heavy atom. The number of halogens is 2. The number of nitriles is 1. The molecule has 1 aliphatic heterocycles. The molecule has 0 spiro atoms. The van der Waals surface area contributed by atoms with Crippen molar-refractivity contribution in [3.63, 3.8) is 0 Å². The predicted octanol–water partition coefficient (Wildman–Crippen LogP) is 6.55. The van der Waals surface area contributed by atoms with Gasteiger partial charge in [0.05, 0.1) is 23.0 Å². The largest absolute Gasteiger partial charge is 0.490 e. The zero-order valence-electron chi connectivity index (χ0n) is 20.5. The first-order chi connectivity index (χ1) is 18.1. The third-order valence-electron chi connectivity index (χ3n) is 7.33. The second-order valence-corrected chi connectivity index (χ2v) is 9.76. The Hall–Kier alpha value is -3.99. The number of rotatable bonds is 5. The third kappa shape index (κ3) is 4.39. The number of nitrogens with zero attached hydrogens (tertiary/aromatic N) is 5. The molecule has 0 unspecified atom stereocenters. The van der Waals surface area contributed by atoms with Crippen LogP contribution in [-0.4, -0.2) is 33.7 Å². The summed E-state index contributed by atoms with van der Waals surface area (Å²) in [5, 5.41) is 9.18. The predicted molar refractivity (Wildman–Crippen MR) is 138 cm³/mol. The number of pyridine rings is 1. The molecule has 1 saturated carbocycles. The van der Waals surface area contributed by atoms with E-state index in [1.54, 1.807) is 29.0 Å². The van der Waals surface area contributed by atoms with Gasteiger partial charge in [0, 0.05) is 30.9 Å². The van der Waals surface area contributed by atoms with E-state index >= 15 is 4.39 Å². The zero-order chi connectivity index (χ0) is 25.4. The molecule has 2 aromatic heterocycles. The molecule has 8 heteroatoms. The van der Waals surface area contributed by atoms with Gasteiger partial charge in [0.2, 0.25) is 0 Å². The number of fused-ring (bicyclic) bond motifs is 1. The van der Waals surface area contributed by atoms with Crippen molar-refractivity contribution in [3.05, 3.63) is 65.9 Å². The molecule has 2 aromatic carbocycles. The van der Waals surface area contributed by atoms with Crippen LogP contribution in [0.1, 0.15) is 50.5 Å². The van der Waals surface area contributed by atoms with Gasteiger partial charge in [-0.1, -0.05) is 0 Å². The van der Waals surface area contributed by atoms with Crippen LogP contribution >= 0.6 is 0 Å². The monoisotopic (exact) mass is 499 g/mol. The van der Waals surface area contributed by atoms with E-state index in [1.807, 2.05) is 12.1 Å². The highest BCUT2D eigenvalue weighted by molar-refractivity contribution is 5.90. The Bertz CT molecular complexity index is 1500. The number of hydrogen-bond donors (Lipinski definition) is 0. The number of imidazole rings is 1. The van der Waals surface area contributed by atoms with Crippen LogP contribution < -0.4 is 9.64 Å². The molecule has 2 fully saturated rings. The highest BCUT2D eigenvalue weighted by Crippen LogP contribution is 2.35. The second kappa shape index (κ2) is 9.81. The van der Waals surface area contributed by atoms with Gasteiger partial charge in [0.25, 0.3) is 0 Å². The number of ether oxygens (including phenoxy) is 1. The van der Waals surface area contributed by atoms with Crippen LogP contribution in [0.15, 0.2) is 48.7 Å². The summed E-state index contributed by atoms with van der Waals surface area (Å²) in [5.41, 5.74) is 2.69. The Morgan fingerprint density at radius 2 is 1.70 bits per heavy atom. The maximum absolute atomic E-state index is 15.7. The van der Waals surface area contributed by atoms with Crippen molar-refractivity contribution in [2.75, 3.05) is 18.0 Å². The van der Waals surface area contributed by atoms with Crippen molar-refractivity contribution < 1.29 is 13.5 Å². The molecule has 0 N–H and O–H groups in total. The van der Waals surface area contributed by atoms with Crippen molar-refractivity contribution in [2.24, 2.45) is 0 Å². The lowest BCUT2D eigenvalue weighted by Gasteiger charge is -2.28. The molecule has 6 rings (SSSR count). The second-order valence-electron chi connectivity index (χ2n) is 9.76. The van der Waals surface area contributed by atoms with Crippen LogP contribution in [0.25, 0.3) is 28.2 Å². The van der Waals surface area contributed by atoms with Gasteiger partial charge >= 0.3 is 0 Å². The lowest BCUT2D eigenvalue weighted by molar-refractivity contribution is 0.209. The van der Waals surface area contributed by atoms with Crippen molar-refractivity contribution in [2.45, 2.75) is 51.0 Å². The lowest BCUT2D eigenvalue weighted by Crippen LogP contribution is -2.29. The van der Waals surface area contributed by atoms with Crippen LogP contribution in [0.5, 0.6) is 5.75 Å². The smallest absolute Gasteiger partial charge is 0.167 e. The lowest BCUT2D eigenvalue weighted by atomic mass is 10.1. The highest BCUT2D eigenvalue weighted by Gasteiger charge is 2.24. The SMILES string of the molecule is N#Cc1ccc(-c2nc3c(N4CCCCC4)ccnc3n2-c2ccc(OC3CCCC3)cc2F)cc1F. The minimum absolute atomic E-state index is 0.0573. The van der Waals surface area contributed by atoms with Gasteiger partial charge in [-0.15, -0.1) is 0 Å². The fraction of sp³-hybridized carbons (Fsp3) is 0.345. The van der Waals surface area contributed by atoms with Gasteiger partial charge < -0.3 is 9.64 Å². The molecule has 0 bridgehead atoms. The molecule has 2 aliphatic rings. The summed E-state index contributed by atoms with van der Waals surface area (Å²) in [6.45, 7) is 1.82. The van der Waals surface area contributed by atoms with Gasteiger partial charge in [-0.2, -0.15) is 5.26 Å². The molecule has 188 valence electrons. The van der Waals surface area contributed by atoms with Gasteiger partial charge in [-0.25, -0.2) is 18.7 Å². The average molecular weight is 500 g/mol. The summed E-state index contributed by atoms with van der Waals surface area (Å²) in [5.74, 6) is -0.275. The van der Waals surface area contributed by atoms with E-state index < -0.39 is 11.6 Å². The number of piperidine rings is 1. The van der Waals surface area contributed by atoms with Gasteiger partial charge in [0.15, 0.2) is 11.5 Å². The summed E-state index contributed by atoms with van der Waals surface area (Å²) in [6.07, 6.45) is 9.41. The third-order valence-corrected chi connectivity index (χ3v) is 7.33. The van der Waals surface area contributed by atoms with Crippen LogP contribution in [0.3, 0.4) is 0 Å². The van der Waals surface area contributed by atoms with Crippen molar-refractivity contribution in [1.82, 2.24) is 14.5 Å². The molecule has 6 nitrogen and oxygen atoms in total.